The number of aromatic amines is 1. The molecule has 0 aliphatic carbocycles. The average molecular weight is 325 g/mol. The molecule has 3 aromatic rings. The van der Waals surface area contributed by atoms with Gasteiger partial charge in [0.15, 0.2) is 0 Å². The summed E-state index contributed by atoms with van der Waals surface area (Å²) in [6.45, 7) is 0. The normalized spacial score (nSPS) is 10.5. The quantitative estimate of drug-likeness (QED) is 0.675. The van der Waals surface area contributed by atoms with Gasteiger partial charge in [0.1, 0.15) is 28.6 Å². The van der Waals surface area contributed by atoms with Crippen LogP contribution in [-0.2, 0) is 6.42 Å². The molecule has 0 unspecified atom stereocenters. The van der Waals surface area contributed by atoms with Crippen molar-refractivity contribution in [2.45, 2.75) is 6.42 Å². The third-order valence-corrected chi connectivity index (χ3v) is 3.61. The summed E-state index contributed by atoms with van der Waals surface area (Å²) in [4.78, 5) is 12.6. The van der Waals surface area contributed by atoms with Crippen molar-refractivity contribution < 1.29 is 14.9 Å². The third kappa shape index (κ3) is 2.91. The van der Waals surface area contributed by atoms with E-state index in [0.29, 0.717) is 0 Å². The average Bonchev–Trinajstić information content (AvgIpc) is 2.58. The number of nitrogens with zero attached hydrogens (tertiary/aromatic N) is 2. The Morgan fingerprint density at radius 1 is 1.04 bits per heavy atom. The highest BCUT2D eigenvalue weighted by Gasteiger charge is 2.18. The number of methoxy groups -OCH3 is 1. The highest BCUT2D eigenvalue weighted by molar-refractivity contribution is 5.73. The predicted molar refractivity (Wildman–Crippen MR) is 87.2 cm³/mol. The van der Waals surface area contributed by atoms with Crippen LogP contribution in [0.15, 0.2) is 47.3 Å². The number of hydrogen-bond acceptors (Lipinski definition) is 6. The maximum absolute atomic E-state index is 12.6. The molecular weight excluding hydrogens is 310 g/mol. The van der Waals surface area contributed by atoms with Crippen molar-refractivity contribution in [2.24, 2.45) is 0 Å². The smallest absolute Gasteiger partial charge is 0.230 e. The standard InChI is InChI=1S/C17H15N3O4/c1-24-11-7-5-10(6-8-11)9-12-17(23)16(19-20-18-12)15-13(21)3-2-4-14(15)22/h2-8,21-22H,9H2,1H3,(H,20,23). The molecule has 0 saturated carbocycles. The second-order valence-electron chi connectivity index (χ2n) is 5.14. The van der Waals surface area contributed by atoms with Gasteiger partial charge in [0.25, 0.3) is 0 Å². The van der Waals surface area contributed by atoms with Crippen LogP contribution in [0.3, 0.4) is 0 Å². The molecule has 24 heavy (non-hydrogen) atoms. The molecule has 1 heterocycles. The van der Waals surface area contributed by atoms with Crippen molar-refractivity contribution in [3.8, 4) is 28.5 Å². The lowest BCUT2D eigenvalue weighted by Gasteiger charge is -2.07. The molecular formula is C17H15N3O4. The first-order valence-corrected chi connectivity index (χ1v) is 7.18. The van der Waals surface area contributed by atoms with Crippen molar-refractivity contribution in [3.63, 3.8) is 0 Å². The molecule has 0 fully saturated rings. The number of phenols is 2. The van der Waals surface area contributed by atoms with Crippen LogP contribution in [0.4, 0.5) is 0 Å². The van der Waals surface area contributed by atoms with Crippen molar-refractivity contribution in [1.82, 2.24) is 15.4 Å². The number of aromatic hydroxyl groups is 2. The van der Waals surface area contributed by atoms with E-state index in [1.165, 1.54) is 18.2 Å². The number of hydrogen-bond donors (Lipinski definition) is 3. The Hall–Kier alpha value is -3.35. The maximum atomic E-state index is 12.6. The van der Waals surface area contributed by atoms with E-state index in [1.807, 2.05) is 12.1 Å². The first-order chi connectivity index (χ1) is 11.6. The van der Waals surface area contributed by atoms with Crippen LogP contribution in [0.5, 0.6) is 17.2 Å². The van der Waals surface area contributed by atoms with E-state index in [1.54, 1.807) is 19.2 Å². The SMILES string of the molecule is COc1ccc(Cc2n[nH]nc(-c3c(O)cccc3O)c2=O)cc1. The van der Waals surface area contributed by atoms with E-state index in [9.17, 15) is 15.0 Å². The summed E-state index contributed by atoms with van der Waals surface area (Å²) < 4.78 is 5.10. The lowest BCUT2D eigenvalue weighted by Crippen LogP contribution is -2.18. The molecule has 2 aromatic carbocycles. The lowest BCUT2D eigenvalue weighted by atomic mass is 10.1. The zero-order valence-electron chi connectivity index (χ0n) is 12.9. The summed E-state index contributed by atoms with van der Waals surface area (Å²) in [5.41, 5.74) is 0.544. The number of phenolic OH excluding ortho intramolecular Hbond substituents is 2. The number of H-pyrrole nitrogens is 1. The summed E-state index contributed by atoms with van der Waals surface area (Å²) in [5, 5.41) is 30.0. The second-order valence-corrected chi connectivity index (χ2v) is 5.14. The third-order valence-electron chi connectivity index (χ3n) is 3.61. The highest BCUT2D eigenvalue weighted by atomic mass is 16.5. The molecule has 0 bridgehead atoms. The van der Waals surface area contributed by atoms with Gasteiger partial charge in [-0.05, 0) is 29.8 Å². The first kappa shape index (κ1) is 15.5. The van der Waals surface area contributed by atoms with Crippen LogP contribution in [0.25, 0.3) is 11.3 Å². The fraction of sp³-hybridized carbons (Fsp3) is 0.118. The molecule has 0 amide bonds. The molecule has 0 aliphatic rings. The molecule has 0 radical (unpaired) electrons. The van der Waals surface area contributed by atoms with Crippen LogP contribution >= 0.6 is 0 Å². The second kappa shape index (κ2) is 6.41. The summed E-state index contributed by atoms with van der Waals surface area (Å²) in [7, 11) is 1.58. The van der Waals surface area contributed by atoms with Gasteiger partial charge in [0.2, 0.25) is 5.43 Å². The van der Waals surface area contributed by atoms with E-state index in [4.69, 9.17) is 4.74 Å². The van der Waals surface area contributed by atoms with E-state index < -0.39 is 5.43 Å². The Balaban J connectivity index is 2.01. The summed E-state index contributed by atoms with van der Waals surface area (Å²) >= 11 is 0. The Morgan fingerprint density at radius 3 is 2.33 bits per heavy atom. The zero-order valence-corrected chi connectivity index (χ0v) is 12.9. The molecule has 1 aromatic heterocycles. The Kier molecular flexibility index (Phi) is 4.15. The summed E-state index contributed by atoms with van der Waals surface area (Å²) in [6.07, 6.45) is 0.281. The van der Waals surface area contributed by atoms with Gasteiger partial charge in [0.05, 0.1) is 12.7 Å². The molecule has 7 heteroatoms. The zero-order chi connectivity index (χ0) is 17.1. The van der Waals surface area contributed by atoms with Crippen LogP contribution in [-0.4, -0.2) is 32.7 Å². The fourth-order valence-corrected chi connectivity index (χ4v) is 2.37. The predicted octanol–water partition coefficient (Wildman–Crippen LogP) is 1.84. The maximum Gasteiger partial charge on any atom is 0.230 e. The van der Waals surface area contributed by atoms with Crippen molar-refractivity contribution in [2.75, 3.05) is 7.11 Å². The number of ether oxygens (including phenoxy) is 1. The van der Waals surface area contributed by atoms with Gasteiger partial charge in [0, 0.05) is 6.42 Å². The Morgan fingerprint density at radius 2 is 1.71 bits per heavy atom. The molecule has 0 aliphatic heterocycles. The Bertz CT molecular complexity index is 900. The molecule has 7 nitrogen and oxygen atoms in total. The number of aromatic nitrogens is 3. The van der Waals surface area contributed by atoms with Crippen LogP contribution in [0.2, 0.25) is 0 Å². The molecule has 3 rings (SSSR count). The molecule has 3 N–H and O–H groups in total. The topological polar surface area (TPSA) is 108 Å². The van der Waals surface area contributed by atoms with Crippen molar-refractivity contribution >= 4 is 0 Å². The van der Waals surface area contributed by atoms with Gasteiger partial charge in [-0.25, -0.2) is 0 Å². The molecule has 122 valence electrons. The lowest BCUT2D eigenvalue weighted by molar-refractivity contribution is 0.414. The largest absolute Gasteiger partial charge is 0.507 e. The monoisotopic (exact) mass is 325 g/mol. The van der Waals surface area contributed by atoms with Crippen LogP contribution in [0, 0.1) is 0 Å². The molecule has 0 atom stereocenters. The summed E-state index contributed by atoms with van der Waals surface area (Å²) in [5.74, 6) is 0.263. The van der Waals surface area contributed by atoms with Crippen LogP contribution in [0.1, 0.15) is 11.3 Å². The number of nitrogens with one attached hydrogen (secondary N) is 1. The van der Waals surface area contributed by atoms with E-state index in [0.717, 1.165) is 11.3 Å². The van der Waals surface area contributed by atoms with E-state index >= 15 is 0 Å². The first-order valence-electron chi connectivity index (χ1n) is 7.18. The number of rotatable bonds is 4. The Labute approximate surface area is 137 Å². The highest BCUT2D eigenvalue weighted by Crippen LogP contribution is 2.33. The van der Waals surface area contributed by atoms with Gasteiger partial charge in [-0.2, -0.15) is 15.4 Å². The van der Waals surface area contributed by atoms with Gasteiger partial charge >= 0.3 is 0 Å². The van der Waals surface area contributed by atoms with Gasteiger partial charge < -0.3 is 14.9 Å². The fourth-order valence-electron chi connectivity index (χ4n) is 2.37. The van der Waals surface area contributed by atoms with Gasteiger partial charge in [-0.3, -0.25) is 4.79 Å². The minimum absolute atomic E-state index is 0.0165. The van der Waals surface area contributed by atoms with Gasteiger partial charge in [-0.1, -0.05) is 18.2 Å². The molecule has 0 saturated heterocycles. The van der Waals surface area contributed by atoms with Gasteiger partial charge in [-0.15, -0.1) is 0 Å². The minimum atomic E-state index is -0.457. The van der Waals surface area contributed by atoms with E-state index in [-0.39, 0.29) is 34.9 Å². The van der Waals surface area contributed by atoms with Crippen molar-refractivity contribution in [1.29, 1.82) is 0 Å². The number of benzene rings is 2. The summed E-state index contributed by atoms with van der Waals surface area (Å²) in [6, 6.07) is 11.5. The van der Waals surface area contributed by atoms with Crippen LogP contribution < -0.4 is 10.2 Å². The molecule has 0 spiro atoms. The van der Waals surface area contributed by atoms with E-state index in [2.05, 4.69) is 15.4 Å². The minimum Gasteiger partial charge on any atom is -0.507 e. The van der Waals surface area contributed by atoms with Crippen molar-refractivity contribution in [3.05, 3.63) is 63.9 Å².